The average molecular weight is 334 g/mol. The third-order valence-electron chi connectivity index (χ3n) is 4.01. The standard InChI is InChI=1S/C16H18N2O6/c1-2-9-7-8-18(14(21)13(9)20)16(24)17-12(15(22)23)10-3-5-11(19)6-4-10/h3-6,9,12,19H,2,7-8H2,1H3,(H,17,24)(H,22,23)/t9?,12-/m1/s1. The molecule has 0 aromatic heterocycles. The lowest BCUT2D eigenvalue weighted by Crippen LogP contribution is -2.53. The van der Waals surface area contributed by atoms with Crippen LogP contribution >= 0.6 is 0 Å². The number of phenolic OH excluding ortho intramolecular Hbond substituents is 1. The van der Waals surface area contributed by atoms with Crippen molar-refractivity contribution in [2.75, 3.05) is 6.54 Å². The molecular formula is C16H18N2O6. The van der Waals surface area contributed by atoms with Gasteiger partial charge in [-0.3, -0.25) is 14.5 Å². The first kappa shape index (κ1) is 17.5. The first-order valence-corrected chi connectivity index (χ1v) is 7.53. The number of Topliss-reactive ketones (excluding diaryl/α,β-unsaturated/α-hetero) is 1. The molecule has 8 heteroatoms. The highest BCUT2D eigenvalue weighted by Gasteiger charge is 2.38. The molecule has 2 rings (SSSR count). The van der Waals surface area contributed by atoms with Crippen LogP contribution in [0.3, 0.4) is 0 Å². The summed E-state index contributed by atoms with van der Waals surface area (Å²) in [6.07, 6.45) is 0.886. The zero-order chi connectivity index (χ0) is 17.9. The summed E-state index contributed by atoms with van der Waals surface area (Å²) in [6.45, 7) is 1.85. The van der Waals surface area contributed by atoms with Gasteiger partial charge in [-0.2, -0.15) is 0 Å². The summed E-state index contributed by atoms with van der Waals surface area (Å²) in [5.41, 5.74) is 0.232. The molecule has 2 atom stereocenters. The number of phenols is 1. The number of hydrogen-bond donors (Lipinski definition) is 3. The molecule has 0 aliphatic carbocycles. The minimum Gasteiger partial charge on any atom is -0.508 e. The molecule has 1 unspecified atom stereocenters. The summed E-state index contributed by atoms with van der Waals surface area (Å²) in [5, 5.41) is 20.8. The number of imide groups is 1. The predicted molar refractivity (Wildman–Crippen MR) is 82.1 cm³/mol. The highest BCUT2D eigenvalue weighted by Crippen LogP contribution is 2.20. The molecule has 24 heavy (non-hydrogen) atoms. The molecule has 1 aromatic rings. The molecule has 128 valence electrons. The fourth-order valence-electron chi connectivity index (χ4n) is 2.56. The second kappa shape index (κ2) is 7.12. The van der Waals surface area contributed by atoms with Crippen LogP contribution in [0.1, 0.15) is 31.4 Å². The van der Waals surface area contributed by atoms with Crippen molar-refractivity contribution in [1.29, 1.82) is 0 Å². The normalized spacial score (nSPS) is 19.0. The van der Waals surface area contributed by atoms with Crippen LogP contribution in [0, 0.1) is 5.92 Å². The molecule has 1 saturated heterocycles. The summed E-state index contributed by atoms with van der Waals surface area (Å²) in [7, 11) is 0. The van der Waals surface area contributed by atoms with Gasteiger partial charge in [-0.1, -0.05) is 19.1 Å². The highest BCUT2D eigenvalue weighted by molar-refractivity contribution is 6.39. The maximum absolute atomic E-state index is 12.2. The molecule has 1 heterocycles. The van der Waals surface area contributed by atoms with E-state index in [1.54, 1.807) is 6.92 Å². The smallest absolute Gasteiger partial charge is 0.330 e. The maximum Gasteiger partial charge on any atom is 0.330 e. The first-order valence-electron chi connectivity index (χ1n) is 7.53. The molecule has 3 N–H and O–H groups in total. The van der Waals surface area contributed by atoms with Crippen LogP contribution in [0.15, 0.2) is 24.3 Å². The number of nitrogens with zero attached hydrogens (tertiary/aromatic N) is 1. The van der Waals surface area contributed by atoms with Crippen molar-refractivity contribution in [1.82, 2.24) is 10.2 Å². The van der Waals surface area contributed by atoms with E-state index in [9.17, 15) is 29.4 Å². The van der Waals surface area contributed by atoms with Gasteiger partial charge in [0.15, 0.2) is 6.04 Å². The predicted octanol–water partition coefficient (Wildman–Crippen LogP) is 1.06. The fraction of sp³-hybridized carbons (Fsp3) is 0.375. The summed E-state index contributed by atoms with van der Waals surface area (Å²) in [4.78, 5) is 48.3. The van der Waals surface area contributed by atoms with E-state index in [1.807, 2.05) is 0 Å². The van der Waals surface area contributed by atoms with Gasteiger partial charge in [0, 0.05) is 12.5 Å². The Morgan fingerprint density at radius 3 is 2.46 bits per heavy atom. The van der Waals surface area contributed by atoms with Crippen LogP contribution in [-0.4, -0.2) is 45.3 Å². The minimum absolute atomic E-state index is 0.0448. The number of urea groups is 1. The topological polar surface area (TPSA) is 124 Å². The zero-order valence-corrected chi connectivity index (χ0v) is 13.1. The summed E-state index contributed by atoms with van der Waals surface area (Å²) in [6, 6.07) is 2.96. The van der Waals surface area contributed by atoms with E-state index in [1.165, 1.54) is 24.3 Å². The molecule has 3 amide bonds. The molecule has 8 nitrogen and oxygen atoms in total. The number of aliphatic carboxylic acids is 1. The number of ketones is 1. The van der Waals surface area contributed by atoms with Crippen molar-refractivity contribution in [3.8, 4) is 5.75 Å². The largest absolute Gasteiger partial charge is 0.508 e. The minimum atomic E-state index is -1.40. The van der Waals surface area contributed by atoms with Gasteiger partial charge in [-0.25, -0.2) is 9.59 Å². The monoisotopic (exact) mass is 334 g/mol. The Bertz CT molecular complexity index is 670. The maximum atomic E-state index is 12.2. The Kier molecular flexibility index (Phi) is 5.18. The van der Waals surface area contributed by atoms with Crippen LogP contribution in [0.2, 0.25) is 0 Å². The van der Waals surface area contributed by atoms with Crippen molar-refractivity contribution in [2.45, 2.75) is 25.8 Å². The SMILES string of the molecule is CCC1CCN(C(=O)N[C@@H](C(=O)O)c2ccc(O)cc2)C(=O)C1=O. The molecule has 1 fully saturated rings. The molecular weight excluding hydrogens is 316 g/mol. The van der Waals surface area contributed by atoms with E-state index >= 15 is 0 Å². The number of carbonyl (C=O) groups is 4. The quantitative estimate of drug-likeness (QED) is 0.707. The van der Waals surface area contributed by atoms with Crippen molar-refractivity contribution < 1.29 is 29.4 Å². The molecule has 1 aliphatic heterocycles. The first-order chi connectivity index (χ1) is 11.3. The third kappa shape index (κ3) is 3.53. The molecule has 1 aliphatic rings. The molecule has 1 aromatic carbocycles. The van der Waals surface area contributed by atoms with Crippen molar-refractivity contribution in [2.24, 2.45) is 5.92 Å². The summed E-state index contributed by atoms with van der Waals surface area (Å²) >= 11 is 0. The number of aromatic hydroxyl groups is 1. The van der Waals surface area contributed by atoms with Crippen LogP contribution in [0.4, 0.5) is 4.79 Å². The second-order valence-electron chi connectivity index (χ2n) is 5.53. The van der Waals surface area contributed by atoms with Crippen LogP contribution in [-0.2, 0) is 14.4 Å². The number of benzene rings is 1. The summed E-state index contributed by atoms with van der Waals surface area (Å²) in [5.74, 6) is -3.31. The fourth-order valence-corrected chi connectivity index (χ4v) is 2.56. The lowest BCUT2D eigenvalue weighted by atomic mass is 9.92. The number of nitrogens with one attached hydrogen (secondary N) is 1. The highest BCUT2D eigenvalue weighted by atomic mass is 16.4. The van der Waals surface area contributed by atoms with Gasteiger partial charge in [-0.15, -0.1) is 0 Å². The number of carboxylic acid groups (broad SMARTS) is 1. The molecule has 0 saturated carbocycles. The van der Waals surface area contributed by atoms with Crippen LogP contribution in [0.25, 0.3) is 0 Å². The van der Waals surface area contributed by atoms with E-state index in [2.05, 4.69) is 5.32 Å². The van der Waals surface area contributed by atoms with E-state index in [0.717, 1.165) is 4.90 Å². The number of hydrogen-bond acceptors (Lipinski definition) is 5. The Labute approximate surface area is 138 Å². The summed E-state index contributed by atoms with van der Waals surface area (Å²) < 4.78 is 0. The number of amides is 3. The van der Waals surface area contributed by atoms with E-state index < -0.39 is 35.7 Å². The van der Waals surface area contributed by atoms with E-state index in [-0.39, 0.29) is 17.9 Å². The zero-order valence-electron chi connectivity index (χ0n) is 13.1. The molecule has 0 radical (unpaired) electrons. The number of carboxylic acids is 1. The molecule has 0 bridgehead atoms. The van der Waals surface area contributed by atoms with Gasteiger partial charge < -0.3 is 15.5 Å². The van der Waals surface area contributed by atoms with Gasteiger partial charge in [-0.05, 0) is 30.5 Å². The van der Waals surface area contributed by atoms with Gasteiger partial charge in [0.25, 0.3) is 5.91 Å². The number of rotatable bonds is 4. The Morgan fingerprint density at radius 1 is 1.29 bits per heavy atom. The Morgan fingerprint density at radius 2 is 1.92 bits per heavy atom. The molecule has 0 spiro atoms. The Balaban J connectivity index is 2.14. The average Bonchev–Trinajstić information content (AvgIpc) is 2.55. The van der Waals surface area contributed by atoms with Crippen molar-refractivity contribution >= 4 is 23.7 Å². The van der Waals surface area contributed by atoms with Gasteiger partial charge in [0.1, 0.15) is 5.75 Å². The van der Waals surface area contributed by atoms with E-state index in [0.29, 0.717) is 12.8 Å². The van der Waals surface area contributed by atoms with Crippen molar-refractivity contribution in [3.63, 3.8) is 0 Å². The van der Waals surface area contributed by atoms with Gasteiger partial charge >= 0.3 is 12.0 Å². The van der Waals surface area contributed by atoms with E-state index in [4.69, 9.17) is 0 Å². The number of carbonyl (C=O) groups excluding carboxylic acids is 3. The van der Waals surface area contributed by atoms with Gasteiger partial charge in [0.05, 0.1) is 0 Å². The van der Waals surface area contributed by atoms with Crippen LogP contribution < -0.4 is 5.32 Å². The Hall–Kier alpha value is -2.90. The lowest BCUT2D eigenvalue weighted by molar-refractivity contribution is -0.148. The van der Waals surface area contributed by atoms with Gasteiger partial charge in [0.2, 0.25) is 5.78 Å². The van der Waals surface area contributed by atoms with Crippen molar-refractivity contribution in [3.05, 3.63) is 29.8 Å². The van der Waals surface area contributed by atoms with Crippen LogP contribution in [0.5, 0.6) is 5.75 Å². The lowest BCUT2D eigenvalue weighted by Gasteiger charge is -2.29. The number of likely N-dealkylation sites (tertiary alicyclic amines) is 1. The number of piperidine rings is 1. The third-order valence-corrected chi connectivity index (χ3v) is 4.01. The second-order valence-corrected chi connectivity index (χ2v) is 5.53.